The fourth-order valence-electron chi connectivity index (χ4n) is 5.46. The molecule has 3 rings (SSSR count). The Morgan fingerprint density at radius 2 is 1.90 bits per heavy atom. The van der Waals surface area contributed by atoms with Crippen LogP contribution in [0.3, 0.4) is 0 Å². The summed E-state index contributed by atoms with van der Waals surface area (Å²) in [5.74, 6) is -1.97. The van der Waals surface area contributed by atoms with E-state index in [1.165, 1.54) is 11.3 Å². The number of amides is 3. The lowest BCUT2D eigenvalue weighted by molar-refractivity contribution is -0.143. The lowest BCUT2D eigenvalue weighted by atomic mass is 9.68. The fourth-order valence-corrected chi connectivity index (χ4v) is 5.46. The number of hydrogen-bond acceptors (Lipinski definition) is 4. The van der Waals surface area contributed by atoms with E-state index in [4.69, 9.17) is 0 Å². The van der Waals surface area contributed by atoms with Gasteiger partial charge in [0, 0.05) is 19.0 Å². The SMILES string of the molecule is CC[C@@H]1C=C[C@H]2[C@H](C(=O)N([C@H](C)CO)[C@@H]2C(=O)NC2CCCCC2)[C@@H]1C(=O)NC. The van der Waals surface area contributed by atoms with Crippen molar-refractivity contribution in [3.63, 3.8) is 0 Å². The van der Waals surface area contributed by atoms with Crippen molar-refractivity contribution in [3.05, 3.63) is 12.2 Å². The van der Waals surface area contributed by atoms with Crippen LogP contribution in [0.1, 0.15) is 52.4 Å². The third-order valence-corrected chi connectivity index (χ3v) is 7.03. The van der Waals surface area contributed by atoms with Gasteiger partial charge in [0.05, 0.1) is 24.5 Å². The molecule has 29 heavy (non-hydrogen) atoms. The topological polar surface area (TPSA) is 98.7 Å². The molecule has 0 aromatic rings. The van der Waals surface area contributed by atoms with Crippen LogP contribution in [0.4, 0.5) is 0 Å². The molecular weight excluding hydrogens is 370 g/mol. The van der Waals surface area contributed by atoms with Gasteiger partial charge < -0.3 is 20.6 Å². The Morgan fingerprint density at radius 3 is 2.48 bits per heavy atom. The van der Waals surface area contributed by atoms with Gasteiger partial charge in [0.15, 0.2) is 0 Å². The molecule has 3 N–H and O–H groups in total. The number of rotatable bonds is 6. The van der Waals surface area contributed by atoms with E-state index in [-0.39, 0.29) is 42.2 Å². The molecule has 2 fully saturated rings. The summed E-state index contributed by atoms with van der Waals surface area (Å²) in [5, 5.41) is 15.6. The standard InChI is InChI=1S/C22H35N3O4/c1-4-14-10-11-16-18(17(14)20(27)23-3)22(29)25(13(2)12-26)19(16)21(28)24-15-8-6-5-7-9-15/h10-11,13-19,26H,4-9,12H2,1-3H3,(H,23,27)(H,24,28)/t13-,14-,16+,17-,18+,19+/m1/s1. The molecular formula is C22H35N3O4. The van der Waals surface area contributed by atoms with Gasteiger partial charge in [0.2, 0.25) is 17.7 Å². The Bertz CT molecular complexity index is 658. The zero-order valence-corrected chi connectivity index (χ0v) is 17.8. The summed E-state index contributed by atoms with van der Waals surface area (Å²) in [6, 6.07) is -1.02. The van der Waals surface area contributed by atoms with Crippen LogP contribution in [-0.4, -0.2) is 59.5 Å². The van der Waals surface area contributed by atoms with E-state index in [1.54, 1.807) is 14.0 Å². The van der Waals surface area contributed by atoms with Gasteiger partial charge in [-0.1, -0.05) is 38.3 Å². The first-order valence-electron chi connectivity index (χ1n) is 11.1. The minimum atomic E-state index is -0.683. The fraction of sp³-hybridized carbons (Fsp3) is 0.773. The minimum absolute atomic E-state index is 0.0356. The Kier molecular flexibility index (Phi) is 6.98. The minimum Gasteiger partial charge on any atom is -0.394 e. The van der Waals surface area contributed by atoms with Gasteiger partial charge in [-0.15, -0.1) is 0 Å². The molecule has 1 saturated heterocycles. The molecule has 0 spiro atoms. The molecule has 162 valence electrons. The van der Waals surface area contributed by atoms with Crippen LogP contribution in [0.5, 0.6) is 0 Å². The number of aliphatic hydroxyl groups excluding tert-OH is 1. The van der Waals surface area contributed by atoms with Gasteiger partial charge in [0.1, 0.15) is 6.04 Å². The van der Waals surface area contributed by atoms with E-state index in [9.17, 15) is 19.5 Å². The van der Waals surface area contributed by atoms with Gasteiger partial charge in [-0.25, -0.2) is 0 Å². The summed E-state index contributed by atoms with van der Waals surface area (Å²) in [4.78, 5) is 41.0. The Hall–Kier alpha value is -1.89. The highest BCUT2D eigenvalue weighted by molar-refractivity contribution is 5.97. The largest absolute Gasteiger partial charge is 0.394 e. The van der Waals surface area contributed by atoms with Gasteiger partial charge >= 0.3 is 0 Å². The van der Waals surface area contributed by atoms with Crippen molar-refractivity contribution >= 4 is 17.7 Å². The maximum Gasteiger partial charge on any atom is 0.243 e. The lowest BCUT2D eigenvalue weighted by Gasteiger charge is -2.34. The third-order valence-electron chi connectivity index (χ3n) is 7.03. The maximum atomic E-state index is 13.5. The van der Waals surface area contributed by atoms with Gasteiger partial charge in [-0.2, -0.15) is 0 Å². The quantitative estimate of drug-likeness (QED) is 0.579. The number of fused-ring (bicyclic) bond motifs is 1. The van der Waals surface area contributed by atoms with Crippen molar-refractivity contribution in [1.82, 2.24) is 15.5 Å². The van der Waals surface area contributed by atoms with Crippen molar-refractivity contribution in [2.75, 3.05) is 13.7 Å². The third kappa shape index (κ3) is 4.06. The molecule has 0 bridgehead atoms. The predicted octanol–water partition coefficient (Wildman–Crippen LogP) is 1.22. The van der Waals surface area contributed by atoms with E-state index < -0.39 is 23.9 Å². The van der Waals surface area contributed by atoms with Crippen molar-refractivity contribution in [3.8, 4) is 0 Å². The number of hydrogen-bond donors (Lipinski definition) is 3. The van der Waals surface area contributed by atoms with E-state index in [0.717, 1.165) is 32.1 Å². The van der Waals surface area contributed by atoms with Crippen LogP contribution < -0.4 is 10.6 Å². The average molecular weight is 406 g/mol. The van der Waals surface area contributed by atoms with E-state index >= 15 is 0 Å². The second-order valence-corrected chi connectivity index (χ2v) is 8.77. The van der Waals surface area contributed by atoms with Gasteiger partial charge in [-0.3, -0.25) is 14.4 Å². The molecule has 1 heterocycles. The highest BCUT2D eigenvalue weighted by atomic mass is 16.3. The smallest absolute Gasteiger partial charge is 0.243 e. The molecule has 7 nitrogen and oxygen atoms in total. The first kappa shape index (κ1) is 21.8. The second-order valence-electron chi connectivity index (χ2n) is 8.77. The highest BCUT2D eigenvalue weighted by Crippen LogP contribution is 2.45. The molecule has 1 saturated carbocycles. The molecule has 0 unspecified atom stereocenters. The van der Waals surface area contributed by atoms with Crippen molar-refractivity contribution in [2.24, 2.45) is 23.7 Å². The average Bonchev–Trinajstić information content (AvgIpc) is 3.05. The molecule has 0 aromatic heterocycles. The zero-order chi connectivity index (χ0) is 21.1. The first-order valence-corrected chi connectivity index (χ1v) is 11.1. The lowest BCUT2D eigenvalue weighted by Crippen LogP contribution is -2.53. The molecule has 1 aliphatic heterocycles. The maximum absolute atomic E-state index is 13.5. The Balaban J connectivity index is 1.93. The summed E-state index contributed by atoms with van der Waals surface area (Å²) in [7, 11) is 1.59. The number of aliphatic hydroxyl groups is 1. The summed E-state index contributed by atoms with van der Waals surface area (Å²) >= 11 is 0. The first-order chi connectivity index (χ1) is 13.9. The summed E-state index contributed by atoms with van der Waals surface area (Å²) in [5.41, 5.74) is 0. The number of allylic oxidation sites excluding steroid dienone is 1. The van der Waals surface area contributed by atoms with E-state index in [0.29, 0.717) is 0 Å². The summed E-state index contributed by atoms with van der Waals surface area (Å²) < 4.78 is 0. The number of nitrogens with one attached hydrogen (secondary N) is 2. The molecule has 3 aliphatic rings. The number of likely N-dealkylation sites (tertiary alicyclic amines) is 1. The second kappa shape index (κ2) is 9.28. The summed E-state index contributed by atoms with van der Waals surface area (Å²) in [6.07, 6.45) is 10.0. The normalized spacial score (nSPS) is 33.3. The molecule has 0 aromatic carbocycles. The highest BCUT2D eigenvalue weighted by Gasteiger charge is 2.57. The molecule has 6 atom stereocenters. The van der Waals surface area contributed by atoms with Crippen LogP contribution in [0.2, 0.25) is 0 Å². The van der Waals surface area contributed by atoms with Crippen molar-refractivity contribution in [1.29, 1.82) is 0 Å². The van der Waals surface area contributed by atoms with Crippen LogP contribution >= 0.6 is 0 Å². The van der Waals surface area contributed by atoms with Crippen molar-refractivity contribution in [2.45, 2.75) is 70.5 Å². The number of carbonyl (C=O) groups excluding carboxylic acids is 3. The Morgan fingerprint density at radius 1 is 1.21 bits per heavy atom. The molecule has 0 radical (unpaired) electrons. The van der Waals surface area contributed by atoms with E-state index in [2.05, 4.69) is 10.6 Å². The van der Waals surface area contributed by atoms with E-state index in [1.807, 2.05) is 19.1 Å². The van der Waals surface area contributed by atoms with Crippen LogP contribution in [0, 0.1) is 23.7 Å². The van der Waals surface area contributed by atoms with Crippen LogP contribution in [0.25, 0.3) is 0 Å². The predicted molar refractivity (Wildman–Crippen MR) is 110 cm³/mol. The van der Waals surface area contributed by atoms with Gasteiger partial charge in [0.25, 0.3) is 0 Å². The van der Waals surface area contributed by atoms with Crippen LogP contribution in [-0.2, 0) is 14.4 Å². The van der Waals surface area contributed by atoms with Crippen molar-refractivity contribution < 1.29 is 19.5 Å². The van der Waals surface area contributed by atoms with Crippen LogP contribution in [0.15, 0.2) is 12.2 Å². The molecule has 3 amide bonds. The number of carbonyl (C=O) groups is 3. The number of nitrogens with zero attached hydrogens (tertiary/aromatic N) is 1. The van der Waals surface area contributed by atoms with Gasteiger partial charge in [-0.05, 0) is 32.1 Å². The monoisotopic (exact) mass is 405 g/mol. The summed E-state index contributed by atoms with van der Waals surface area (Å²) in [6.45, 7) is 3.54. The zero-order valence-electron chi connectivity index (χ0n) is 17.8. The Labute approximate surface area is 173 Å². The molecule has 7 heteroatoms. The molecule has 2 aliphatic carbocycles.